The highest BCUT2D eigenvalue weighted by Gasteiger charge is 2.23. The molecule has 1 heterocycles. The zero-order valence-electron chi connectivity index (χ0n) is 12.0. The molecule has 0 saturated heterocycles. The monoisotopic (exact) mass is 266 g/mol. The molecule has 1 aromatic rings. The molecule has 0 atom stereocenters. The van der Waals surface area contributed by atoms with Crippen molar-refractivity contribution < 1.29 is 4.92 Å². The zero-order chi connectivity index (χ0) is 14.4. The third-order valence-electron chi connectivity index (χ3n) is 3.23. The van der Waals surface area contributed by atoms with Crippen molar-refractivity contribution in [3.05, 3.63) is 22.2 Å². The van der Waals surface area contributed by atoms with Crippen LogP contribution in [0, 0.1) is 10.1 Å². The summed E-state index contributed by atoms with van der Waals surface area (Å²) in [5.74, 6) is 1.10. The van der Waals surface area contributed by atoms with Crippen LogP contribution in [-0.4, -0.2) is 29.5 Å². The first-order chi connectivity index (χ1) is 9.04. The van der Waals surface area contributed by atoms with Gasteiger partial charge in [0.2, 0.25) is 5.82 Å². The molecule has 1 N–H and O–H groups in total. The molecule has 1 aromatic heterocycles. The van der Waals surface area contributed by atoms with Crippen molar-refractivity contribution in [1.29, 1.82) is 0 Å². The van der Waals surface area contributed by atoms with Gasteiger partial charge in [0.05, 0.1) is 4.92 Å². The fraction of sp³-hybridized carbons (Fsp3) is 0.615. The fourth-order valence-corrected chi connectivity index (χ4v) is 2.13. The summed E-state index contributed by atoms with van der Waals surface area (Å²) >= 11 is 0. The van der Waals surface area contributed by atoms with Crippen LogP contribution >= 0.6 is 0 Å². The van der Waals surface area contributed by atoms with E-state index in [1.807, 2.05) is 18.9 Å². The number of nitrogens with one attached hydrogen (secondary N) is 1. The summed E-state index contributed by atoms with van der Waals surface area (Å²) in [6, 6.07) is 3.41. The Morgan fingerprint density at radius 1 is 1.37 bits per heavy atom. The molecule has 6 nitrogen and oxygen atoms in total. The average molecular weight is 266 g/mol. The number of hydrogen-bond acceptors (Lipinski definition) is 5. The predicted octanol–water partition coefficient (Wildman–Crippen LogP) is 3.05. The first-order valence-corrected chi connectivity index (χ1v) is 6.67. The molecule has 1 rings (SSSR count). The van der Waals surface area contributed by atoms with Gasteiger partial charge in [0.15, 0.2) is 0 Å². The van der Waals surface area contributed by atoms with E-state index in [9.17, 15) is 10.1 Å². The topological polar surface area (TPSA) is 71.3 Å². The number of anilines is 2. The maximum atomic E-state index is 11.1. The smallest absolute Gasteiger partial charge is 0.311 e. The third-order valence-corrected chi connectivity index (χ3v) is 3.23. The summed E-state index contributed by atoms with van der Waals surface area (Å²) in [7, 11) is 1.86. The van der Waals surface area contributed by atoms with Crippen molar-refractivity contribution >= 4 is 17.3 Å². The van der Waals surface area contributed by atoms with E-state index >= 15 is 0 Å². The minimum atomic E-state index is -0.378. The normalized spacial score (nSPS) is 10.6. The lowest BCUT2D eigenvalue weighted by atomic mass is 10.1. The molecule has 0 saturated carbocycles. The molecule has 0 aliphatic carbocycles. The lowest BCUT2D eigenvalue weighted by molar-refractivity contribution is -0.384. The van der Waals surface area contributed by atoms with Crippen LogP contribution < -0.4 is 10.2 Å². The van der Waals surface area contributed by atoms with Gasteiger partial charge < -0.3 is 10.2 Å². The molecule has 0 radical (unpaired) electrons. The fourth-order valence-electron chi connectivity index (χ4n) is 2.13. The molecular formula is C13H22N4O2. The van der Waals surface area contributed by atoms with Gasteiger partial charge in [0.1, 0.15) is 5.82 Å². The molecule has 0 spiro atoms. The first kappa shape index (κ1) is 15.2. The molecule has 106 valence electrons. The van der Waals surface area contributed by atoms with Crippen molar-refractivity contribution in [3.63, 3.8) is 0 Å². The molecule has 0 aromatic carbocycles. The Morgan fingerprint density at radius 3 is 2.47 bits per heavy atom. The standard InChI is InChI=1S/C13H22N4O2/c1-5-10(6-2)16(4)13-11(17(18)19)8-9-12(15-13)14-7-3/h8-10H,5-7H2,1-4H3,(H,14,15). The van der Waals surface area contributed by atoms with Crippen LogP contribution in [-0.2, 0) is 0 Å². The second kappa shape index (κ2) is 6.92. The summed E-state index contributed by atoms with van der Waals surface area (Å²) in [6.45, 7) is 6.85. The Bertz CT molecular complexity index is 433. The molecule has 6 heteroatoms. The molecule has 0 aliphatic rings. The lowest BCUT2D eigenvalue weighted by Gasteiger charge is -2.27. The number of rotatable bonds is 7. The highest BCUT2D eigenvalue weighted by molar-refractivity contribution is 5.61. The third kappa shape index (κ3) is 3.56. The van der Waals surface area contributed by atoms with Crippen LogP contribution in [0.25, 0.3) is 0 Å². The van der Waals surface area contributed by atoms with E-state index < -0.39 is 0 Å². The van der Waals surface area contributed by atoms with Crippen LogP contribution in [0.2, 0.25) is 0 Å². The van der Waals surface area contributed by atoms with Gasteiger partial charge in [-0.2, -0.15) is 0 Å². The predicted molar refractivity (Wildman–Crippen MR) is 77.8 cm³/mol. The summed E-state index contributed by atoms with van der Waals surface area (Å²) < 4.78 is 0. The minimum absolute atomic E-state index is 0.0519. The summed E-state index contributed by atoms with van der Waals surface area (Å²) in [5.41, 5.74) is 0.0519. The summed E-state index contributed by atoms with van der Waals surface area (Å²) in [4.78, 5) is 17.0. The van der Waals surface area contributed by atoms with Gasteiger partial charge in [-0.15, -0.1) is 0 Å². The Kier molecular flexibility index (Phi) is 5.54. The molecule has 0 aliphatic heterocycles. The number of nitro groups is 1. The van der Waals surface area contributed by atoms with E-state index in [1.54, 1.807) is 6.07 Å². The minimum Gasteiger partial charge on any atom is -0.370 e. The Labute approximate surface area is 114 Å². The molecular weight excluding hydrogens is 244 g/mol. The van der Waals surface area contributed by atoms with Gasteiger partial charge >= 0.3 is 5.69 Å². The average Bonchev–Trinajstić information content (AvgIpc) is 2.40. The molecule has 0 amide bonds. The van der Waals surface area contributed by atoms with E-state index in [0.717, 1.165) is 19.4 Å². The number of hydrogen-bond donors (Lipinski definition) is 1. The highest BCUT2D eigenvalue weighted by atomic mass is 16.6. The summed E-state index contributed by atoms with van der Waals surface area (Å²) in [5, 5.41) is 14.2. The molecule has 0 unspecified atom stereocenters. The van der Waals surface area contributed by atoms with E-state index in [-0.39, 0.29) is 16.7 Å². The van der Waals surface area contributed by atoms with Gasteiger partial charge in [-0.1, -0.05) is 13.8 Å². The first-order valence-electron chi connectivity index (χ1n) is 6.67. The van der Waals surface area contributed by atoms with Crippen LogP contribution in [0.15, 0.2) is 12.1 Å². The van der Waals surface area contributed by atoms with E-state index in [4.69, 9.17) is 0 Å². The number of pyridine rings is 1. The second-order valence-corrected chi connectivity index (χ2v) is 4.41. The molecule has 0 fully saturated rings. The van der Waals surface area contributed by atoms with Gasteiger partial charge in [0, 0.05) is 25.7 Å². The van der Waals surface area contributed by atoms with Crippen molar-refractivity contribution in [2.75, 3.05) is 23.8 Å². The Morgan fingerprint density at radius 2 is 2.00 bits per heavy atom. The van der Waals surface area contributed by atoms with Crippen molar-refractivity contribution in [1.82, 2.24) is 4.98 Å². The quantitative estimate of drug-likeness (QED) is 0.606. The van der Waals surface area contributed by atoms with Crippen LogP contribution in [0.5, 0.6) is 0 Å². The SMILES string of the molecule is CCNc1ccc([N+](=O)[O-])c(N(C)C(CC)CC)n1. The maximum Gasteiger partial charge on any atom is 0.311 e. The van der Waals surface area contributed by atoms with Gasteiger partial charge in [-0.25, -0.2) is 4.98 Å². The van der Waals surface area contributed by atoms with Crippen LogP contribution in [0.1, 0.15) is 33.6 Å². The zero-order valence-corrected chi connectivity index (χ0v) is 12.0. The van der Waals surface area contributed by atoms with Crippen LogP contribution in [0.3, 0.4) is 0 Å². The van der Waals surface area contributed by atoms with Crippen LogP contribution in [0.4, 0.5) is 17.3 Å². The van der Waals surface area contributed by atoms with Crippen molar-refractivity contribution in [3.8, 4) is 0 Å². The largest absolute Gasteiger partial charge is 0.370 e. The Hall–Kier alpha value is -1.85. The molecule has 19 heavy (non-hydrogen) atoms. The van der Waals surface area contributed by atoms with Crippen molar-refractivity contribution in [2.24, 2.45) is 0 Å². The van der Waals surface area contributed by atoms with E-state index in [2.05, 4.69) is 24.1 Å². The highest BCUT2D eigenvalue weighted by Crippen LogP contribution is 2.29. The summed E-state index contributed by atoms with van der Waals surface area (Å²) in [6.07, 6.45) is 1.86. The van der Waals surface area contributed by atoms with Gasteiger partial charge in [0.25, 0.3) is 0 Å². The van der Waals surface area contributed by atoms with E-state index in [1.165, 1.54) is 6.07 Å². The van der Waals surface area contributed by atoms with E-state index in [0.29, 0.717) is 11.6 Å². The Balaban J connectivity index is 3.19. The lowest BCUT2D eigenvalue weighted by Crippen LogP contribution is -2.31. The van der Waals surface area contributed by atoms with Crippen molar-refractivity contribution in [2.45, 2.75) is 39.7 Å². The second-order valence-electron chi connectivity index (χ2n) is 4.41. The number of nitrogens with zero attached hydrogens (tertiary/aromatic N) is 3. The maximum absolute atomic E-state index is 11.1. The van der Waals surface area contributed by atoms with Gasteiger partial charge in [-0.05, 0) is 25.8 Å². The molecule has 0 bridgehead atoms. The number of aromatic nitrogens is 1. The van der Waals surface area contributed by atoms with Gasteiger partial charge in [-0.3, -0.25) is 10.1 Å².